The van der Waals surface area contributed by atoms with Gasteiger partial charge in [0, 0.05) is 12.6 Å². The number of imidazole rings is 1. The number of aldehydes is 1. The average molecular weight is 268 g/mol. The van der Waals surface area contributed by atoms with Gasteiger partial charge in [-0.15, -0.1) is 0 Å². The van der Waals surface area contributed by atoms with Crippen LogP contribution in [-0.4, -0.2) is 15.7 Å². The highest BCUT2D eigenvalue weighted by Crippen LogP contribution is 2.14. The third-order valence-corrected chi connectivity index (χ3v) is 3.29. The first kappa shape index (κ1) is 12.5. The largest absolute Gasteiger partial charge is 0.303 e. The lowest BCUT2D eigenvalue weighted by molar-refractivity contribution is 0.112. The highest BCUT2D eigenvalue weighted by molar-refractivity contribution is 5.83. The summed E-state index contributed by atoms with van der Waals surface area (Å²) < 4.78 is 15.0. The first-order valence-electron chi connectivity index (χ1n) is 6.43. The van der Waals surface area contributed by atoms with Gasteiger partial charge < -0.3 is 4.40 Å². The Labute approximate surface area is 115 Å². The Morgan fingerprint density at radius 2 is 2.05 bits per heavy atom. The van der Waals surface area contributed by atoms with E-state index in [1.54, 1.807) is 6.07 Å². The number of hydrogen-bond acceptors (Lipinski definition) is 2. The average Bonchev–Trinajstić information content (AvgIpc) is 2.83. The summed E-state index contributed by atoms with van der Waals surface area (Å²) in [6.45, 7) is 0. The molecule has 0 aliphatic heterocycles. The lowest BCUT2D eigenvalue weighted by Crippen LogP contribution is -1.98. The number of nitrogens with zero attached hydrogens (tertiary/aromatic N) is 2. The van der Waals surface area contributed by atoms with Crippen LogP contribution >= 0.6 is 0 Å². The van der Waals surface area contributed by atoms with Crippen molar-refractivity contribution in [3.63, 3.8) is 0 Å². The number of carbonyl (C=O) groups is 1. The zero-order valence-electron chi connectivity index (χ0n) is 10.8. The SMILES string of the molecule is O=Cc1nc(CCc2cccc(F)c2)n2ccccc12. The van der Waals surface area contributed by atoms with E-state index in [2.05, 4.69) is 4.98 Å². The molecule has 0 atom stereocenters. The van der Waals surface area contributed by atoms with Crippen LogP contribution < -0.4 is 0 Å². The van der Waals surface area contributed by atoms with E-state index in [1.807, 2.05) is 34.9 Å². The lowest BCUT2D eigenvalue weighted by atomic mass is 10.1. The summed E-state index contributed by atoms with van der Waals surface area (Å²) in [5, 5.41) is 0. The fraction of sp³-hybridized carbons (Fsp3) is 0.125. The quantitative estimate of drug-likeness (QED) is 0.681. The summed E-state index contributed by atoms with van der Waals surface area (Å²) in [4.78, 5) is 15.4. The van der Waals surface area contributed by atoms with E-state index in [0.717, 1.165) is 23.2 Å². The summed E-state index contributed by atoms with van der Waals surface area (Å²) in [6.07, 6.45) is 3.99. The van der Waals surface area contributed by atoms with Crippen LogP contribution in [0.1, 0.15) is 21.9 Å². The highest BCUT2D eigenvalue weighted by atomic mass is 19.1. The van der Waals surface area contributed by atoms with E-state index >= 15 is 0 Å². The maximum Gasteiger partial charge on any atom is 0.170 e. The van der Waals surface area contributed by atoms with Crippen LogP contribution in [0.25, 0.3) is 5.52 Å². The van der Waals surface area contributed by atoms with Crippen LogP contribution in [0.4, 0.5) is 4.39 Å². The molecule has 0 saturated heterocycles. The molecule has 0 aliphatic rings. The molecule has 0 N–H and O–H groups in total. The number of aromatic nitrogens is 2. The number of halogens is 1. The maximum atomic E-state index is 13.1. The van der Waals surface area contributed by atoms with Gasteiger partial charge in [-0.2, -0.15) is 0 Å². The smallest absolute Gasteiger partial charge is 0.170 e. The van der Waals surface area contributed by atoms with E-state index in [9.17, 15) is 9.18 Å². The molecule has 0 unspecified atom stereocenters. The molecule has 0 amide bonds. The van der Waals surface area contributed by atoms with Gasteiger partial charge in [-0.1, -0.05) is 18.2 Å². The van der Waals surface area contributed by atoms with Crippen molar-refractivity contribution < 1.29 is 9.18 Å². The summed E-state index contributed by atoms with van der Waals surface area (Å²) in [5.41, 5.74) is 2.17. The van der Waals surface area contributed by atoms with Crippen LogP contribution in [0.3, 0.4) is 0 Å². The minimum atomic E-state index is -0.232. The fourth-order valence-electron chi connectivity index (χ4n) is 2.34. The number of rotatable bonds is 4. The minimum Gasteiger partial charge on any atom is -0.303 e. The highest BCUT2D eigenvalue weighted by Gasteiger charge is 2.09. The molecular weight excluding hydrogens is 255 g/mol. The van der Waals surface area contributed by atoms with E-state index in [4.69, 9.17) is 0 Å². The van der Waals surface area contributed by atoms with E-state index in [0.29, 0.717) is 18.5 Å². The molecule has 2 heterocycles. The molecule has 20 heavy (non-hydrogen) atoms. The van der Waals surface area contributed by atoms with Crippen molar-refractivity contribution in [2.45, 2.75) is 12.8 Å². The molecule has 4 heteroatoms. The molecule has 2 aromatic heterocycles. The second-order valence-electron chi connectivity index (χ2n) is 4.62. The molecule has 0 spiro atoms. The molecule has 0 saturated carbocycles. The lowest BCUT2D eigenvalue weighted by Gasteiger charge is -2.02. The van der Waals surface area contributed by atoms with Gasteiger partial charge in [0.2, 0.25) is 0 Å². The van der Waals surface area contributed by atoms with Gasteiger partial charge in [0.25, 0.3) is 0 Å². The standard InChI is InChI=1S/C16H13FN2O/c17-13-5-3-4-12(10-13)7-8-16-18-14(11-20)15-6-1-2-9-19(15)16/h1-6,9-11H,7-8H2. The van der Waals surface area contributed by atoms with Crippen molar-refractivity contribution in [1.29, 1.82) is 0 Å². The van der Waals surface area contributed by atoms with E-state index < -0.39 is 0 Å². The van der Waals surface area contributed by atoms with Crippen LogP contribution in [0.2, 0.25) is 0 Å². The van der Waals surface area contributed by atoms with Gasteiger partial charge >= 0.3 is 0 Å². The Hall–Kier alpha value is -2.49. The van der Waals surface area contributed by atoms with Gasteiger partial charge in [-0.25, -0.2) is 9.37 Å². The molecule has 1 aromatic carbocycles. The molecule has 3 aromatic rings. The Morgan fingerprint density at radius 3 is 2.85 bits per heavy atom. The Kier molecular flexibility index (Phi) is 3.29. The van der Waals surface area contributed by atoms with Gasteiger partial charge in [-0.05, 0) is 36.2 Å². The van der Waals surface area contributed by atoms with Crippen LogP contribution in [0, 0.1) is 5.82 Å². The second-order valence-corrected chi connectivity index (χ2v) is 4.62. The number of hydrogen-bond donors (Lipinski definition) is 0. The normalized spacial score (nSPS) is 10.8. The molecule has 0 fully saturated rings. The summed E-state index contributed by atoms with van der Waals surface area (Å²) in [5.74, 6) is 0.580. The molecule has 0 aliphatic carbocycles. The predicted octanol–water partition coefficient (Wildman–Crippen LogP) is 3.07. The zero-order chi connectivity index (χ0) is 13.9. The number of pyridine rings is 1. The monoisotopic (exact) mass is 268 g/mol. The summed E-state index contributed by atoms with van der Waals surface area (Å²) in [7, 11) is 0. The van der Waals surface area contributed by atoms with Crippen LogP contribution in [0.15, 0.2) is 48.7 Å². The number of benzene rings is 1. The van der Waals surface area contributed by atoms with Gasteiger partial charge in [0.15, 0.2) is 6.29 Å². The van der Waals surface area contributed by atoms with Crippen molar-refractivity contribution in [1.82, 2.24) is 9.38 Å². The van der Waals surface area contributed by atoms with Gasteiger partial charge in [-0.3, -0.25) is 4.79 Å². The minimum absolute atomic E-state index is 0.232. The second kappa shape index (κ2) is 5.25. The van der Waals surface area contributed by atoms with Crippen LogP contribution in [-0.2, 0) is 12.8 Å². The van der Waals surface area contributed by atoms with Crippen LogP contribution in [0.5, 0.6) is 0 Å². The van der Waals surface area contributed by atoms with Crippen molar-refractivity contribution in [3.8, 4) is 0 Å². The Bertz CT molecular complexity index is 764. The van der Waals surface area contributed by atoms with E-state index in [-0.39, 0.29) is 5.82 Å². The summed E-state index contributed by atoms with van der Waals surface area (Å²) >= 11 is 0. The Balaban J connectivity index is 1.89. The number of aryl methyl sites for hydroxylation is 2. The molecule has 0 radical (unpaired) electrons. The third-order valence-electron chi connectivity index (χ3n) is 3.29. The predicted molar refractivity (Wildman–Crippen MR) is 74.4 cm³/mol. The van der Waals surface area contributed by atoms with Crippen molar-refractivity contribution >= 4 is 11.8 Å². The number of carbonyl (C=O) groups excluding carboxylic acids is 1. The third kappa shape index (κ3) is 2.32. The Morgan fingerprint density at radius 1 is 1.15 bits per heavy atom. The fourth-order valence-corrected chi connectivity index (χ4v) is 2.34. The maximum absolute atomic E-state index is 13.1. The van der Waals surface area contributed by atoms with E-state index in [1.165, 1.54) is 12.1 Å². The molecule has 100 valence electrons. The summed E-state index contributed by atoms with van der Waals surface area (Å²) in [6, 6.07) is 12.2. The molecule has 3 rings (SSSR count). The molecule has 0 bridgehead atoms. The van der Waals surface area contributed by atoms with Crippen molar-refractivity contribution in [2.24, 2.45) is 0 Å². The van der Waals surface area contributed by atoms with Gasteiger partial charge in [0.05, 0.1) is 5.52 Å². The topological polar surface area (TPSA) is 34.4 Å². The van der Waals surface area contributed by atoms with Crippen molar-refractivity contribution in [3.05, 3.63) is 71.6 Å². The van der Waals surface area contributed by atoms with Gasteiger partial charge in [0.1, 0.15) is 17.3 Å². The molecule has 3 nitrogen and oxygen atoms in total. The first-order valence-corrected chi connectivity index (χ1v) is 6.43. The first-order chi connectivity index (χ1) is 9.78. The zero-order valence-corrected chi connectivity index (χ0v) is 10.8. The molecular formula is C16H13FN2O. The number of fused-ring (bicyclic) bond motifs is 1. The van der Waals surface area contributed by atoms with Crippen molar-refractivity contribution in [2.75, 3.05) is 0 Å².